The number of hydrogen-bond donors (Lipinski definition) is 1. The van der Waals surface area contributed by atoms with Crippen LogP contribution in [0, 0.1) is 13.8 Å². The van der Waals surface area contributed by atoms with Crippen molar-refractivity contribution in [2.45, 2.75) is 33.1 Å². The van der Waals surface area contributed by atoms with Gasteiger partial charge in [-0.2, -0.15) is 23.4 Å². The summed E-state index contributed by atoms with van der Waals surface area (Å²) in [7, 11) is 0. The molecular formula is C18H17BrF3N5O. The summed E-state index contributed by atoms with van der Waals surface area (Å²) < 4.78 is 41.3. The van der Waals surface area contributed by atoms with Crippen LogP contribution in [-0.4, -0.2) is 25.5 Å². The second-order valence-electron chi connectivity index (χ2n) is 6.37. The molecule has 1 amide bonds. The van der Waals surface area contributed by atoms with E-state index >= 15 is 0 Å². The zero-order valence-electron chi connectivity index (χ0n) is 15.1. The van der Waals surface area contributed by atoms with Crippen LogP contribution in [0.3, 0.4) is 0 Å². The fourth-order valence-corrected chi connectivity index (χ4v) is 3.22. The Morgan fingerprint density at radius 3 is 2.68 bits per heavy atom. The Morgan fingerprint density at radius 2 is 2.04 bits per heavy atom. The lowest BCUT2D eigenvalue weighted by atomic mass is 10.1. The predicted octanol–water partition coefficient (Wildman–Crippen LogP) is 4.16. The minimum Gasteiger partial charge on any atom is -0.322 e. The molecule has 0 radical (unpaired) electrons. The van der Waals surface area contributed by atoms with Crippen molar-refractivity contribution in [2.75, 3.05) is 5.32 Å². The highest BCUT2D eigenvalue weighted by molar-refractivity contribution is 9.10. The molecular weight excluding hydrogens is 439 g/mol. The van der Waals surface area contributed by atoms with Gasteiger partial charge in [0.05, 0.1) is 28.6 Å². The molecule has 0 aliphatic rings. The van der Waals surface area contributed by atoms with Crippen LogP contribution in [0.2, 0.25) is 0 Å². The molecule has 0 fully saturated rings. The summed E-state index contributed by atoms with van der Waals surface area (Å²) in [6.07, 6.45) is -1.45. The van der Waals surface area contributed by atoms with Crippen LogP contribution in [0.5, 0.6) is 0 Å². The maximum absolute atomic E-state index is 12.9. The van der Waals surface area contributed by atoms with E-state index in [0.717, 1.165) is 15.8 Å². The molecule has 0 aliphatic carbocycles. The number of carbonyl (C=O) groups excluding carboxylic acids is 1. The fraction of sp³-hybridized carbons (Fsp3) is 0.278. The van der Waals surface area contributed by atoms with Crippen molar-refractivity contribution >= 4 is 27.5 Å². The van der Waals surface area contributed by atoms with Gasteiger partial charge in [-0.3, -0.25) is 14.2 Å². The minimum atomic E-state index is -4.59. The van der Waals surface area contributed by atoms with E-state index in [4.69, 9.17) is 0 Å². The SMILES string of the molecule is Cc1cccc(Cn2cc(NC(=O)Cn3nc(C(F)(F)F)c(Br)c3C)cn2)c1. The first kappa shape index (κ1) is 20.1. The summed E-state index contributed by atoms with van der Waals surface area (Å²) in [5.74, 6) is -0.498. The predicted molar refractivity (Wildman–Crippen MR) is 101 cm³/mol. The van der Waals surface area contributed by atoms with Gasteiger partial charge < -0.3 is 5.32 Å². The van der Waals surface area contributed by atoms with Gasteiger partial charge in [-0.05, 0) is 35.3 Å². The number of alkyl halides is 3. The molecule has 0 unspecified atom stereocenters. The van der Waals surface area contributed by atoms with E-state index in [9.17, 15) is 18.0 Å². The number of rotatable bonds is 5. The standard InChI is InChI=1S/C18H17BrF3N5O/c1-11-4-3-5-13(6-11)8-26-9-14(7-23-26)24-15(28)10-27-12(2)16(19)17(25-27)18(20,21)22/h3-7,9H,8,10H2,1-2H3,(H,24,28). The zero-order chi connectivity index (χ0) is 20.5. The Balaban J connectivity index is 1.65. The number of anilines is 1. The van der Waals surface area contributed by atoms with Crippen molar-refractivity contribution in [2.24, 2.45) is 0 Å². The smallest absolute Gasteiger partial charge is 0.322 e. The molecule has 1 aromatic carbocycles. The molecule has 10 heteroatoms. The number of nitrogens with one attached hydrogen (secondary N) is 1. The van der Waals surface area contributed by atoms with Gasteiger partial charge in [0.25, 0.3) is 0 Å². The molecule has 3 rings (SSSR count). The highest BCUT2D eigenvalue weighted by Gasteiger charge is 2.38. The first-order chi connectivity index (χ1) is 13.1. The van der Waals surface area contributed by atoms with Crippen molar-refractivity contribution in [3.8, 4) is 0 Å². The molecule has 0 atom stereocenters. The number of hydrogen-bond acceptors (Lipinski definition) is 3. The summed E-state index contributed by atoms with van der Waals surface area (Å²) >= 11 is 2.89. The van der Waals surface area contributed by atoms with E-state index in [-0.39, 0.29) is 16.7 Å². The molecule has 1 N–H and O–H groups in total. The highest BCUT2D eigenvalue weighted by atomic mass is 79.9. The largest absolute Gasteiger partial charge is 0.436 e. The van der Waals surface area contributed by atoms with Gasteiger partial charge in [-0.25, -0.2) is 0 Å². The Hall–Kier alpha value is -2.62. The van der Waals surface area contributed by atoms with Gasteiger partial charge in [0.15, 0.2) is 5.69 Å². The summed E-state index contributed by atoms with van der Waals surface area (Å²) in [6, 6.07) is 7.97. The number of halogens is 4. The summed E-state index contributed by atoms with van der Waals surface area (Å²) in [5, 5.41) is 10.3. The molecule has 0 spiro atoms. The van der Waals surface area contributed by atoms with Gasteiger partial charge in [-0.1, -0.05) is 29.8 Å². The van der Waals surface area contributed by atoms with Crippen LogP contribution in [-0.2, 0) is 24.1 Å². The average Bonchev–Trinajstić information content (AvgIpc) is 3.13. The molecule has 2 heterocycles. The van der Waals surface area contributed by atoms with Crippen LogP contribution < -0.4 is 5.32 Å². The van der Waals surface area contributed by atoms with Gasteiger partial charge in [0, 0.05) is 6.20 Å². The second kappa shape index (κ2) is 7.78. The number of benzene rings is 1. The Bertz CT molecular complexity index is 1010. The molecule has 0 saturated carbocycles. The third-order valence-electron chi connectivity index (χ3n) is 4.04. The number of amides is 1. The molecule has 6 nitrogen and oxygen atoms in total. The van der Waals surface area contributed by atoms with Gasteiger partial charge in [-0.15, -0.1) is 0 Å². The van der Waals surface area contributed by atoms with Crippen molar-refractivity contribution in [3.05, 3.63) is 63.6 Å². The first-order valence-corrected chi connectivity index (χ1v) is 9.10. The second-order valence-corrected chi connectivity index (χ2v) is 7.16. The quantitative estimate of drug-likeness (QED) is 0.627. The van der Waals surface area contributed by atoms with Crippen LogP contribution in [0.15, 0.2) is 41.1 Å². The number of aryl methyl sites for hydroxylation is 1. The molecule has 3 aromatic rings. The monoisotopic (exact) mass is 455 g/mol. The normalized spacial score (nSPS) is 11.6. The fourth-order valence-electron chi connectivity index (χ4n) is 2.71. The van der Waals surface area contributed by atoms with Crippen molar-refractivity contribution in [3.63, 3.8) is 0 Å². The number of aromatic nitrogens is 4. The molecule has 148 valence electrons. The minimum absolute atomic E-state index is 0.168. The van der Waals surface area contributed by atoms with E-state index in [1.54, 1.807) is 10.9 Å². The van der Waals surface area contributed by atoms with E-state index in [2.05, 4.69) is 31.4 Å². The summed E-state index contributed by atoms with van der Waals surface area (Å²) in [6.45, 7) is 3.65. The van der Waals surface area contributed by atoms with Gasteiger partial charge >= 0.3 is 6.18 Å². The Kier molecular flexibility index (Phi) is 5.59. The topological polar surface area (TPSA) is 64.7 Å². The van der Waals surface area contributed by atoms with Crippen molar-refractivity contribution < 1.29 is 18.0 Å². The van der Waals surface area contributed by atoms with E-state index in [1.807, 2.05) is 31.2 Å². The maximum Gasteiger partial charge on any atom is 0.436 e. The number of carbonyl (C=O) groups is 1. The molecule has 0 aliphatic heterocycles. The Morgan fingerprint density at radius 1 is 1.29 bits per heavy atom. The lowest BCUT2D eigenvalue weighted by Gasteiger charge is -2.05. The highest BCUT2D eigenvalue weighted by Crippen LogP contribution is 2.35. The lowest BCUT2D eigenvalue weighted by Crippen LogP contribution is -2.20. The van der Waals surface area contributed by atoms with Crippen molar-refractivity contribution in [1.29, 1.82) is 0 Å². The van der Waals surface area contributed by atoms with Crippen LogP contribution in [0.1, 0.15) is 22.5 Å². The molecule has 0 bridgehead atoms. The van der Waals surface area contributed by atoms with E-state index in [0.29, 0.717) is 12.2 Å². The maximum atomic E-state index is 12.9. The van der Waals surface area contributed by atoms with Gasteiger partial charge in [0.2, 0.25) is 5.91 Å². The summed E-state index contributed by atoms with van der Waals surface area (Å²) in [5.41, 5.74) is 1.83. The molecule has 0 saturated heterocycles. The van der Waals surface area contributed by atoms with E-state index in [1.165, 1.54) is 13.1 Å². The first-order valence-electron chi connectivity index (χ1n) is 8.31. The summed E-state index contributed by atoms with van der Waals surface area (Å²) in [4.78, 5) is 12.2. The molecule has 28 heavy (non-hydrogen) atoms. The average molecular weight is 456 g/mol. The Labute approximate surface area is 167 Å². The van der Waals surface area contributed by atoms with Crippen LogP contribution in [0.25, 0.3) is 0 Å². The number of nitrogens with zero attached hydrogens (tertiary/aromatic N) is 4. The lowest BCUT2D eigenvalue weighted by molar-refractivity contribution is -0.142. The van der Waals surface area contributed by atoms with Crippen molar-refractivity contribution in [1.82, 2.24) is 19.6 Å². The third kappa shape index (κ3) is 4.61. The third-order valence-corrected chi connectivity index (χ3v) is 4.99. The molecule has 2 aromatic heterocycles. The van der Waals surface area contributed by atoms with E-state index < -0.39 is 17.8 Å². The van der Waals surface area contributed by atoms with Crippen LogP contribution >= 0.6 is 15.9 Å². The van der Waals surface area contributed by atoms with Crippen LogP contribution in [0.4, 0.5) is 18.9 Å². The van der Waals surface area contributed by atoms with Gasteiger partial charge in [0.1, 0.15) is 6.54 Å². The zero-order valence-corrected chi connectivity index (χ0v) is 16.7.